The summed E-state index contributed by atoms with van der Waals surface area (Å²) >= 11 is 0. The minimum Gasteiger partial charge on any atom is -0.374 e. The molecule has 1 fully saturated rings. The maximum atomic E-state index is 6.01. The highest BCUT2D eigenvalue weighted by molar-refractivity contribution is 5.22. The predicted octanol–water partition coefficient (Wildman–Crippen LogP) is 3.38. The SMILES string of the molecule is NCc1cccc(COC2CCCCCC2)c1. The lowest BCUT2D eigenvalue weighted by Crippen LogP contribution is -2.11. The van der Waals surface area contributed by atoms with E-state index in [1.54, 1.807) is 0 Å². The normalized spacial score (nSPS) is 17.9. The topological polar surface area (TPSA) is 35.2 Å². The van der Waals surface area contributed by atoms with E-state index in [0.29, 0.717) is 12.6 Å². The van der Waals surface area contributed by atoms with Crippen molar-refractivity contribution in [1.29, 1.82) is 0 Å². The molecule has 0 atom stereocenters. The summed E-state index contributed by atoms with van der Waals surface area (Å²) in [5.41, 5.74) is 8.07. The molecule has 1 saturated carbocycles. The summed E-state index contributed by atoms with van der Waals surface area (Å²) in [7, 11) is 0. The lowest BCUT2D eigenvalue weighted by atomic mass is 10.1. The summed E-state index contributed by atoms with van der Waals surface area (Å²) in [6, 6.07) is 8.40. The predicted molar refractivity (Wildman–Crippen MR) is 70.6 cm³/mol. The first kappa shape index (κ1) is 12.6. The molecule has 1 aliphatic rings. The Morgan fingerprint density at radius 1 is 1.06 bits per heavy atom. The minimum absolute atomic E-state index is 0.471. The standard InChI is InChI=1S/C15H23NO/c16-11-13-6-5-7-14(10-13)12-17-15-8-3-1-2-4-9-15/h5-7,10,15H,1-4,8-9,11-12,16H2. The van der Waals surface area contributed by atoms with Gasteiger partial charge in [0.2, 0.25) is 0 Å². The third-order valence-electron chi connectivity index (χ3n) is 3.51. The summed E-state index contributed by atoms with van der Waals surface area (Å²) in [6.45, 7) is 1.34. The van der Waals surface area contributed by atoms with Crippen LogP contribution in [0.4, 0.5) is 0 Å². The molecule has 0 radical (unpaired) electrons. The molecular formula is C15H23NO. The molecular weight excluding hydrogens is 210 g/mol. The van der Waals surface area contributed by atoms with Gasteiger partial charge in [0.15, 0.2) is 0 Å². The van der Waals surface area contributed by atoms with Gasteiger partial charge >= 0.3 is 0 Å². The van der Waals surface area contributed by atoms with Gasteiger partial charge in [-0.3, -0.25) is 0 Å². The van der Waals surface area contributed by atoms with Gasteiger partial charge in [-0.1, -0.05) is 49.9 Å². The van der Waals surface area contributed by atoms with E-state index in [0.717, 1.165) is 6.61 Å². The summed E-state index contributed by atoms with van der Waals surface area (Å²) in [5, 5.41) is 0. The first-order chi connectivity index (χ1) is 8.38. The van der Waals surface area contributed by atoms with Crippen molar-refractivity contribution in [3.05, 3.63) is 35.4 Å². The highest BCUT2D eigenvalue weighted by Crippen LogP contribution is 2.21. The van der Waals surface area contributed by atoms with E-state index in [1.165, 1.54) is 49.7 Å². The quantitative estimate of drug-likeness (QED) is 0.809. The second kappa shape index (κ2) is 6.77. The van der Waals surface area contributed by atoms with Gasteiger partial charge in [0.25, 0.3) is 0 Å². The molecule has 94 valence electrons. The van der Waals surface area contributed by atoms with Crippen molar-refractivity contribution in [3.63, 3.8) is 0 Å². The van der Waals surface area contributed by atoms with Gasteiger partial charge in [0.05, 0.1) is 12.7 Å². The van der Waals surface area contributed by atoms with Crippen molar-refractivity contribution < 1.29 is 4.74 Å². The fraction of sp³-hybridized carbons (Fsp3) is 0.600. The lowest BCUT2D eigenvalue weighted by Gasteiger charge is -2.15. The molecule has 0 bridgehead atoms. The Hall–Kier alpha value is -0.860. The van der Waals surface area contributed by atoms with E-state index in [9.17, 15) is 0 Å². The van der Waals surface area contributed by atoms with Crippen LogP contribution in [-0.2, 0) is 17.9 Å². The van der Waals surface area contributed by atoms with Gasteiger partial charge in [-0.2, -0.15) is 0 Å². The molecule has 0 saturated heterocycles. The molecule has 2 nitrogen and oxygen atoms in total. The van der Waals surface area contributed by atoms with Crippen LogP contribution in [0, 0.1) is 0 Å². The first-order valence-corrected chi connectivity index (χ1v) is 6.78. The monoisotopic (exact) mass is 233 g/mol. The molecule has 0 unspecified atom stereocenters. The van der Waals surface area contributed by atoms with E-state index in [2.05, 4.69) is 24.3 Å². The average Bonchev–Trinajstić information content (AvgIpc) is 2.65. The van der Waals surface area contributed by atoms with Crippen molar-refractivity contribution in [2.75, 3.05) is 0 Å². The molecule has 0 amide bonds. The maximum Gasteiger partial charge on any atom is 0.0720 e. The van der Waals surface area contributed by atoms with Crippen LogP contribution in [0.2, 0.25) is 0 Å². The molecule has 1 aliphatic carbocycles. The zero-order valence-electron chi connectivity index (χ0n) is 10.5. The second-order valence-electron chi connectivity index (χ2n) is 4.95. The summed E-state index contributed by atoms with van der Waals surface area (Å²) in [4.78, 5) is 0. The Kier molecular flexibility index (Phi) is 5.02. The van der Waals surface area contributed by atoms with E-state index >= 15 is 0 Å². The molecule has 2 heteroatoms. The fourth-order valence-electron chi connectivity index (χ4n) is 2.47. The molecule has 17 heavy (non-hydrogen) atoms. The Morgan fingerprint density at radius 2 is 1.76 bits per heavy atom. The van der Waals surface area contributed by atoms with Crippen molar-refractivity contribution in [3.8, 4) is 0 Å². The largest absolute Gasteiger partial charge is 0.374 e. The average molecular weight is 233 g/mol. The van der Waals surface area contributed by atoms with Crippen LogP contribution in [0.1, 0.15) is 49.7 Å². The van der Waals surface area contributed by atoms with E-state index in [4.69, 9.17) is 10.5 Å². The number of hydrogen-bond acceptors (Lipinski definition) is 2. The van der Waals surface area contributed by atoms with Gasteiger partial charge in [-0.25, -0.2) is 0 Å². The molecule has 1 aromatic rings. The van der Waals surface area contributed by atoms with Gasteiger partial charge in [0.1, 0.15) is 0 Å². The molecule has 2 rings (SSSR count). The van der Waals surface area contributed by atoms with Crippen molar-refractivity contribution in [2.24, 2.45) is 5.73 Å². The van der Waals surface area contributed by atoms with Crippen LogP contribution in [0.25, 0.3) is 0 Å². The number of benzene rings is 1. The first-order valence-electron chi connectivity index (χ1n) is 6.78. The van der Waals surface area contributed by atoms with E-state index in [-0.39, 0.29) is 0 Å². The Labute approximate surface area is 104 Å². The zero-order chi connectivity index (χ0) is 11.9. The Morgan fingerprint density at radius 3 is 2.47 bits per heavy atom. The maximum absolute atomic E-state index is 6.01. The van der Waals surface area contributed by atoms with Gasteiger partial charge in [-0.05, 0) is 24.0 Å². The fourth-order valence-corrected chi connectivity index (χ4v) is 2.47. The van der Waals surface area contributed by atoms with E-state index in [1.807, 2.05) is 0 Å². The highest BCUT2D eigenvalue weighted by atomic mass is 16.5. The highest BCUT2D eigenvalue weighted by Gasteiger charge is 2.12. The van der Waals surface area contributed by atoms with Crippen LogP contribution in [0.15, 0.2) is 24.3 Å². The third-order valence-corrected chi connectivity index (χ3v) is 3.51. The van der Waals surface area contributed by atoms with Crippen LogP contribution in [0.3, 0.4) is 0 Å². The Bertz CT molecular complexity index is 329. The van der Waals surface area contributed by atoms with E-state index < -0.39 is 0 Å². The lowest BCUT2D eigenvalue weighted by molar-refractivity contribution is 0.0309. The van der Waals surface area contributed by atoms with Crippen LogP contribution >= 0.6 is 0 Å². The molecule has 0 aliphatic heterocycles. The van der Waals surface area contributed by atoms with Gasteiger partial charge in [-0.15, -0.1) is 0 Å². The third kappa shape index (κ3) is 4.14. The van der Waals surface area contributed by atoms with Crippen LogP contribution in [-0.4, -0.2) is 6.10 Å². The molecule has 1 aromatic carbocycles. The van der Waals surface area contributed by atoms with Crippen molar-refractivity contribution in [1.82, 2.24) is 0 Å². The van der Waals surface area contributed by atoms with Crippen molar-refractivity contribution >= 4 is 0 Å². The molecule has 0 heterocycles. The van der Waals surface area contributed by atoms with Crippen LogP contribution in [0.5, 0.6) is 0 Å². The zero-order valence-corrected chi connectivity index (χ0v) is 10.5. The van der Waals surface area contributed by atoms with Crippen LogP contribution < -0.4 is 5.73 Å². The number of nitrogens with two attached hydrogens (primary N) is 1. The minimum atomic E-state index is 0.471. The molecule has 0 spiro atoms. The van der Waals surface area contributed by atoms with Gasteiger partial charge < -0.3 is 10.5 Å². The molecule has 0 aromatic heterocycles. The summed E-state index contributed by atoms with van der Waals surface area (Å²) in [5.74, 6) is 0. The van der Waals surface area contributed by atoms with Gasteiger partial charge in [0, 0.05) is 6.54 Å². The number of hydrogen-bond donors (Lipinski definition) is 1. The number of ether oxygens (including phenoxy) is 1. The smallest absolute Gasteiger partial charge is 0.0720 e. The molecule has 2 N–H and O–H groups in total. The summed E-state index contributed by atoms with van der Waals surface area (Å²) in [6.07, 6.45) is 8.35. The number of rotatable bonds is 4. The summed E-state index contributed by atoms with van der Waals surface area (Å²) < 4.78 is 6.01. The second-order valence-corrected chi connectivity index (χ2v) is 4.95. The van der Waals surface area contributed by atoms with Crippen molar-refractivity contribution in [2.45, 2.75) is 57.8 Å². The Balaban J connectivity index is 1.83.